The molecule has 1 heterocycles. The SMILES string of the molecule is CNC(=O)C1CCCCN1c1ccccc1[C@H](C)O. The van der Waals surface area contributed by atoms with Crippen LogP contribution in [0.15, 0.2) is 24.3 Å². The average molecular weight is 262 g/mol. The molecule has 0 saturated carbocycles. The first-order chi connectivity index (χ1) is 9.15. The van der Waals surface area contributed by atoms with E-state index in [0.29, 0.717) is 0 Å². The highest BCUT2D eigenvalue weighted by Crippen LogP contribution is 2.31. The fraction of sp³-hybridized carbons (Fsp3) is 0.533. The molecule has 1 fully saturated rings. The number of benzene rings is 1. The average Bonchev–Trinajstić information content (AvgIpc) is 2.46. The predicted molar refractivity (Wildman–Crippen MR) is 76.1 cm³/mol. The summed E-state index contributed by atoms with van der Waals surface area (Å²) in [6.07, 6.45) is 2.50. The number of aliphatic hydroxyl groups is 1. The zero-order valence-electron chi connectivity index (χ0n) is 11.6. The van der Waals surface area contributed by atoms with Gasteiger partial charge in [0.2, 0.25) is 5.91 Å². The van der Waals surface area contributed by atoms with Gasteiger partial charge in [-0.2, -0.15) is 0 Å². The zero-order chi connectivity index (χ0) is 13.8. The van der Waals surface area contributed by atoms with E-state index in [9.17, 15) is 9.90 Å². The second-order valence-electron chi connectivity index (χ2n) is 5.05. The number of para-hydroxylation sites is 1. The molecule has 4 nitrogen and oxygen atoms in total. The lowest BCUT2D eigenvalue weighted by molar-refractivity contribution is -0.122. The van der Waals surface area contributed by atoms with Crippen LogP contribution in [0.2, 0.25) is 0 Å². The number of hydrogen-bond donors (Lipinski definition) is 2. The first-order valence-corrected chi connectivity index (χ1v) is 6.90. The third-order valence-electron chi connectivity index (χ3n) is 3.75. The smallest absolute Gasteiger partial charge is 0.242 e. The summed E-state index contributed by atoms with van der Waals surface area (Å²) >= 11 is 0. The van der Waals surface area contributed by atoms with Gasteiger partial charge in [-0.25, -0.2) is 0 Å². The largest absolute Gasteiger partial charge is 0.389 e. The second kappa shape index (κ2) is 6.06. The predicted octanol–water partition coefficient (Wildman–Crippen LogP) is 1.84. The Morgan fingerprint density at radius 3 is 2.84 bits per heavy atom. The summed E-state index contributed by atoms with van der Waals surface area (Å²) in [5.74, 6) is 0.0556. The van der Waals surface area contributed by atoms with Crippen LogP contribution in [0.25, 0.3) is 0 Å². The molecule has 4 heteroatoms. The summed E-state index contributed by atoms with van der Waals surface area (Å²) < 4.78 is 0. The molecule has 1 amide bonds. The van der Waals surface area contributed by atoms with Crippen LogP contribution < -0.4 is 10.2 Å². The molecule has 1 aliphatic heterocycles. The van der Waals surface area contributed by atoms with Crippen LogP contribution >= 0.6 is 0 Å². The van der Waals surface area contributed by atoms with Gasteiger partial charge in [0.15, 0.2) is 0 Å². The minimum atomic E-state index is -0.525. The Labute approximate surface area is 114 Å². The van der Waals surface area contributed by atoms with Gasteiger partial charge in [-0.15, -0.1) is 0 Å². The number of amides is 1. The van der Waals surface area contributed by atoms with Crippen molar-refractivity contribution in [2.75, 3.05) is 18.5 Å². The number of carbonyl (C=O) groups excluding carboxylic acids is 1. The van der Waals surface area contributed by atoms with Crippen LogP contribution in [0.4, 0.5) is 5.69 Å². The van der Waals surface area contributed by atoms with E-state index in [2.05, 4.69) is 10.2 Å². The van der Waals surface area contributed by atoms with E-state index in [4.69, 9.17) is 0 Å². The van der Waals surface area contributed by atoms with E-state index < -0.39 is 6.10 Å². The number of rotatable bonds is 3. The molecular formula is C15H22N2O2. The summed E-state index contributed by atoms with van der Waals surface area (Å²) in [5, 5.41) is 12.6. The molecule has 0 aliphatic carbocycles. The van der Waals surface area contributed by atoms with Crippen molar-refractivity contribution in [2.24, 2.45) is 0 Å². The molecule has 1 unspecified atom stereocenters. The van der Waals surface area contributed by atoms with Crippen LogP contribution in [-0.4, -0.2) is 30.6 Å². The molecule has 2 atom stereocenters. The quantitative estimate of drug-likeness (QED) is 0.874. The first-order valence-electron chi connectivity index (χ1n) is 6.90. The monoisotopic (exact) mass is 262 g/mol. The van der Waals surface area contributed by atoms with Crippen molar-refractivity contribution < 1.29 is 9.90 Å². The van der Waals surface area contributed by atoms with Crippen molar-refractivity contribution in [3.63, 3.8) is 0 Å². The topological polar surface area (TPSA) is 52.6 Å². The normalized spacial score (nSPS) is 21.0. The lowest BCUT2D eigenvalue weighted by Crippen LogP contribution is -2.49. The van der Waals surface area contributed by atoms with Crippen LogP contribution in [0.3, 0.4) is 0 Å². The van der Waals surface area contributed by atoms with Crippen molar-refractivity contribution in [3.8, 4) is 0 Å². The summed E-state index contributed by atoms with van der Waals surface area (Å²) in [4.78, 5) is 14.1. The molecule has 0 bridgehead atoms. The standard InChI is InChI=1S/C15H22N2O2/c1-11(18)12-7-3-4-8-13(12)17-10-6-5-9-14(17)15(19)16-2/h3-4,7-8,11,14,18H,5-6,9-10H2,1-2H3,(H,16,19)/t11-,14?/m0/s1. The Morgan fingerprint density at radius 2 is 2.16 bits per heavy atom. The van der Waals surface area contributed by atoms with Crippen molar-refractivity contribution in [3.05, 3.63) is 29.8 Å². The molecule has 104 valence electrons. The molecule has 2 N–H and O–H groups in total. The molecule has 19 heavy (non-hydrogen) atoms. The van der Waals surface area contributed by atoms with E-state index in [1.54, 1.807) is 14.0 Å². The Morgan fingerprint density at radius 1 is 1.42 bits per heavy atom. The van der Waals surface area contributed by atoms with E-state index >= 15 is 0 Å². The van der Waals surface area contributed by atoms with Gasteiger partial charge in [0, 0.05) is 24.8 Å². The lowest BCUT2D eigenvalue weighted by atomic mass is 9.98. The number of likely N-dealkylation sites (N-methyl/N-ethyl adjacent to an activating group) is 1. The second-order valence-corrected chi connectivity index (χ2v) is 5.05. The Balaban J connectivity index is 2.35. The number of anilines is 1. The molecule has 2 rings (SSSR count). The van der Waals surface area contributed by atoms with Crippen LogP contribution in [0.5, 0.6) is 0 Å². The minimum absolute atomic E-state index is 0.0556. The van der Waals surface area contributed by atoms with Gasteiger partial charge < -0.3 is 15.3 Å². The molecule has 1 aliphatic rings. The Hall–Kier alpha value is -1.55. The maximum Gasteiger partial charge on any atom is 0.242 e. The lowest BCUT2D eigenvalue weighted by Gasteiger charge is -2.37. The molecule has 0 aromatic heterocycles. The highest BCUT2D eigenvalue weighted by molar-refractivity contribution is 5.85. The highest BCUT2D eigenvalue weighted by atomic mass is 16.3. The fourth-order valence-corrected chi connectivity index (χ4v) is 2.76. The highest BCUT2D eigenvalue weighted by Gasteiger charge is 2.29. The molecular weight excluding hydrogens is 240 g/mol. The summed E-state index contributed by atoms with van der Waals surface area (Å²) in [5.41, 5.74) is 1.86. The molecule has 1 saturated heterocycles. The van der Waals surface area contributed by atoms with Gasteiger partial charge in [0.25, 0.3) is 0 Å². The van der Waals surface area contributed by atoms with Gasteiger partial charge in [0.1, 0.15) is 6.04 Å². The molecule has 0 radical (unpaired) electrons. The molecule has 1 aromatic carbocycles. The van der Waals surface area contributed by atoms with E-state index in [1.165, 1.54) is 0 Å². The van der Waals surface area contributed by atoms with Gasteiger partial charge in [-0.1, -0.05) is 18.2 Å². The molecule has 1 aromatic rings. The summed E-state index contributed by atoms with van der Waals surface area (Å²) in [7, 11) is 1.68. The number of nitrogens with zero attached hydrogens (tertiary/aromatic N) is 1. The van der Waals surface area contributed by atoms with Crippen LogP contribution in [0, 0.1) is 0 Å². The van der Waals surface area contributed by atoms with Crippen LogP contribution in [0.1, 0.15) is 37.9 Å². The molecule has 0 spiro atoms. The fourth-order valence-electron chi connectivity index (χ4n) is 2.76. The number of nitrogens with one attached hydrogen (secondary N) is 1. The first kappa shape index (κ1) is 13.9. The number of carbonyl (C=O) groups is 1. The Kier molecular flexibility index (Phi) is 4.43. The number of hydrogen-bond acceptors (Lipinski definition) is 3. The number of aliphatic hydroxyl groups excluding tert-OH is 1. The third kappa shape index (κ3) is 2.89. The maximum absolute atomic E-state index is 12.0. The summed E-state index contributed by atoms with van der Waals surface area (Å²) in [6, 6.07) is 7.67. The number of piperidine rings is 1. The van der Waals surface area contributed by atoms with Gasteiger partial charge in [-0.05, 0) is 32.3 Å². The van der Waals surface area contributed by atoms with Crippen molar-refractivity contribution in [1.29, 1.82) is 0 Å². The maximum atomic E-state index is 12.0. The van der Waals surface area contributed by atoms with Crippen molar-refractivity contribution >= 4 is 11.6 Å². The minimum Gasteiger partial charge on any atom is -0.389 e. The zero-order valence-corrected chi connectivity index (χ0v) is 11.6. The van der Waals surface area contributed by atoms with Gasteiger partial charge in [0.05, 0.1) is 6.10 Å². The van der Waals surface area contributed by atoms with Crippen molar-refractivity contribution in [1.82, 2.24) is 5.32 Å². The van der Waals surface area contributed by atoms with E-state index in [1.807, 2.05) is 24.3 Å². The summed E-state index contributed by atoms with van der Waals surface area (Å²) in [6.45, 7) is 2.62. The van der Waals surface area contributed by atoms with Crippen LogP contribution in [-0.2, 0) is 4.79 Å². The van der Waals surface area contributed by atoms with Crippen molar-refractivity contribution in [2.45, 2.75) is 38.3 Å². The van der Waals surface area contributed by atoms with Gasteiger partial charge >= 0.3 is 0 Å². The van der Waals surface area contributed by atoms with E-state index in [0.717, 1.165) is 37.1 Å². The third-order valence-corrected chi connectivity index (χ3v) is 3.75. The Bertz CT molecular complexity index is 446. The van der Waals surface area contributed by atoms with E-state index in [-0.39, 0.29) is 11.9 Å². The van der Waals surface area contributed by atoms with Gasteiger partial charge in [-0.3, -0.25) is 4.79 Å².